The lowest BCUT2D eigenvalue weighted by molar-refractivity contribution is -0.123. The van der Waals surface area contributed by atoms with E-state index in [9.17, 15) is 14.4 Å². The molecule has 1 aliphatic heterocycles. The second kappa shape index (κ2) is 11.7. The molecule has 0 atom stereocenters. The molecule has 0 N–H and O–H groups in total. The standard InChI is InChI=1S/C27H25NO8S/c1-17-4-7-19(8-5-17)34-13-12-28-25(29)24(37-27(28)31)15-18-6-10-21(23(14-18)32-2)35-16-20-9-11-22(36-20)26(30)33-3/h4-11,14-15H,12-13,16H2,1-3H3. The van der Waals surface area contributed by atoms with Crippen LogP contribution in [0.15, 0.2) is 63.9 Å². The number of amides is 2. The van der Waals surface area contributed by atoms with Crippen LogP contribution >= 0.6 is 11.8 Å². The van der Waals surface area contributed by atoms with Crippen molar-refractivity contribution in [2.45, 2.75) is 13.5 Å². The molecule has 2 aromatic carbocycles. The van der Waals surface area contributed by atoms with Crippen LogP contribution in [0.3, 0.4) is 0 Å². The van der Waals surface area contributed by atoms with Crippen LogP contribution in [0, 0.1) is 6.92 Å². The third kappa shape index (κ3) is 6.34. The molecule has 2 heterocycles. The number of furan rings is 1. The summed E-state index contributed by atoms with van der Waals surface area (Å²) in [4.78, 5) is 38.2. The van der Waals surface area contributed by atoms with Crippen molar-refractivity contribution in [2.75, 3.05) is 27.4 Å². The number of imide groups is 1. The molecule has 1 aromatic heterocycles. The first-order chi connectivity index (χ1) is 17.9. The molecule has 10 heteroatoms. The number of nitrogens with zero attached hydrogens (tertiary/aromatic N) is 1. The van der Waals surface area contributed by atoms with Gasteiger partial charge in [-0.2, -0.15) is 0 Å². The summed E-state index contributed by atoms with van der Waals surface area (Å²) >= 11 is 0.877. The predicted molar refractivity (Wildman–Crippen MR) is 137 cm³/mol. The van der Waals surface area contributed by atoms with Crippen molar-refractivity contribution < 1.29 is 37.7 Å². The second-order valence-corrected chi connectivity index (χ2v) is 8.94. The van der Waals surface area contributed by atoms with Crippen molar-refractivity contribution in [3.63, 3.8) is 0 Å². The van der Waals surface area contributed by atoms with E-state index in [1.54, 1.807) is 30.3 Å². The SMILES string of the molecule is COC(=O)c1ccc(COc2ccc(C=C3SC(=O)N(CCOc4ccc(C)cc4)C3=O)cc2OC)o1. The minimum atomic E-state index is -0.573. The van der Waals surface area contributed by atoms with Crippen LogP contribution in [0.2, 0.25) is 0 Å². The van der Waals surface area contributed by atoms with Crippen molar-refractivity contribution in [1.29, 1.82) is 0 Å². The molecule has 0 unspecified atom stereocenters. The third-order valence-electron chi connectivity index (χ3n) is 5.38. The Hall–Kier alpha value is -4.18. The number of rotatable bonds is 10. The second-order valence-electron chi connectivity index (χ2n) is 7.95. The van der Waals surface area contributed by atoms with Crippen molar-refractivity contribution in [1.82, 2.24) is 4.90 Å². The van der Waals surface area contributed by atoms with Gasteiger partial charge in [0.05, 0.1) is 25.7 Å². The predicted octanol–water partition coefficient (Wildman–Crippen LogP) is 5.08. The van der Waals surface area contributed by atoms with Gasteiger partial charge in [0.15, 0.2) is 11.5 Å². The molecule has 0 saturated carbocycles. The average molecular weight is 524 g/mol. The summed E-state index contributed by atoms with van der Waals surface area (Å²) in [6.07, 6.45) is 1.63. The van der Waals surface area contributed by atoms with E-state index in [1.165, 1.54) is 25.2 Å². The first-order valence-electron chi connectivity index (χ1n) is 11.3. The molecule has 0 aliphatic carbocycles. The van der Waals surface area contributed by atoms with Gasteiger partial charge in [0, 0.05) is 0 Å². The Morgan fingerprint density at radius 3 is 2.51 bits per heavy atom. The van der Waals surface area contributed by atoms with Gasteiger partial charge in [-0.3, -0.25) is 14.5 Å². The number of methoxy groups -OCH3 is 2. The number of ether oxygens (including phenoxy) is 4. The summed E-state index contributed by atoms with van der Waals surface area (Å²) in [7, 11) is 2.77. The molecular formula is C27H25NO8S. The third-order valence-corrected chi connectivity index (χ3v) is 6.29. The zero-order valence-electron chi connectivity index (χ0n) is 20.5. The molecule has 1 saturated heterocycles. The van der Waals surface area contributed by atoms with Crippen LogP contribution in [0.25, 0.3) is 6.08 Å². The van der Waals surface area contributed by atoms with E-state index in [0.717, 1.165) is 17.3 Å². The first-order valence-corrected chi connectivity index (χ1v) is 12.1. The minimum Gasteiger partial charge on any atom is -0.493 e. The maximum Gasteiger partial charge on any atom is 0.373 e. The monoisotopic (exact) mass is 523 g/mol. The zero-order valence-corrected chi connectivity index (χ0v) is 21.3. The average Bonchev–Trinajstić information content (AvgIpc) is 3.48. The van der Waals surface area contributed by atoms with E-state index in [0.29, 0.717) is 33.5 Å². The highest BCUT2D eigenvalue weighted by Gasteiger charge is 2.34. The number of aryl methyl sites for hydroxylation is 1. The maximum absolute atomic E-state index is 12.8. The fourth-order valence-electron chi connectivity index (χ4n) is 3.44. The van der Waals surface area contributed by atoms with Gasteiger partial charge in [0.1, 0.15) is 24.7 Å². The van der Waals surface area contributed by atoms with E-state index in [-0.39, 0.29) is 36.7 Å². The normalized spacial score (nSPS) is 14.2. The molecule has 1 fully saturated rings. The smallest absolute Gasteiger partial charge is 0.373 e. The van der Waals surface area contributed by atoms with E-state index >= 15 is 0 Å². The molecule has 4 rings (SSSR count). The van der Waals surface area contributed by atoms with Gasteiger partial charge in [-0.15, -0.1) is 0 Å². The highest BCUT2D eigenvalue weighted by atomic mass is 32.2. The molecular weight excluding hydrogens is 498 g/mol. The van der Waals surface area contributed by atoms with Crippen molar-refractivity contribution in [3.8, 4) is 17.2 Å². The number of carbonyl (C=O) groups is 3. The molecule has 9 nitrogen and oxygen atoms in total. The number of esters is 1. The number of hydrogen-bond donors (Lipinski definition) is 0. The lowest BCUT2D eigenvalue weighted by atomic mass is 10.2. The fourth-order valence-corrected chi connectivity index (χ4v) is 4.31. The van der Waals surface area contributed by atoms with Gasteiger partial charge in [-0.1, -0.05) is 23.8 Å². The van der Waals surface area contributed by atoms with E-state index in [2.05, 4.69) is 4.74 Å². The van der Waals surface area contributed by atoms with E-state index < -0.39 is 5.97 Å². The van der Waals surface area contributed by atoms with Crippen LogP contribution in [-0.4, -0.2) is 49.4 Å². The summed E-state index contributed by atoms with van der Waals surface area (Å²) < 4.78 is 26.9. The van der Waals surface area contributed by atoms with E-state index in [4.69, 9.17) is 18.6 Å². The largest absolute Gasteiger partial charge is 0.493 e. The van der Waals surface area contributed by atoms with Gasteiger partial charge < -0.3 is 23.4 Å². The van der Waals surface area contributed by atoms with Gasteiger partial charge in [-0.05, 0) is 66.7 Å². The van der Waals surface area contributed by atoms with Crippen LogP contribution in [0.5, 0.6) is 17.2 Å². The Balaban J connectivity index is 1.37. The van der Waals surface area contributed by atoms with Gasteiger partial charge in [0.2, 0.25) is 5.76 Å². The first kappa shape index (κ1) is 25.9. The number of benzene rings is 2. The Bertz CT molecular complexity index is 1330. The molecule has 0 bridgehead atoms. The van der Waals surface area contributed by atoms with Crippen molar-refractivity contribution >= 4 is 35.0 Å². The highest BCUT2D eigenvalue weighted by molar-refractivity contribution is 8.18. The Kier molecular flexibility index (Phi) is 8.19. The van der Waals surface area contributed by atoms with Crippen LogP contribution in [0.4, 0.5) is 4.79 Å². The van der Waals surface area contributed by atoms with Gasteiger partial charge in [-0.25, -0.2) is 4.79 Å². The molecule has 2 amide bonds. The summed E-state index contributed by atoms with van der Waals surface area (Å²) in [5, 5.41) is -0.347. The Morgan fingerprint density at radius 2 is 1.78 bits per heavy atom. The van der Waals surface area contributed by atoms with Crippen LogP contribution < -0.4 is 14.2 Å². The zero-order chi connectivity index (χ0) is 26.4. The van der Waals surface area contributed by atoms with Gasteiger partial charge >= 0.3 is 5.97 Å². The topological polar surface area (TPSA) is 105 Å². The summed E-state index contributed by atoms with van der Waals surface area (Å²) in [5.41, 5.74) is 1.78. The van der Waals surface area contributed by atoms with Crippen LogP contribution in [0.1, 0.15) is 27.4 Å². The number of carbonyl (C=O) groups excluding carboxylic acids is 3. The minimum absolute atomic E-state index is 0.0657. The van der Waals surface area contributed by atoms with Crippen molar-refractivity contribution in [2.24, 2.45) is 0 Å². The number of thioether (sulfide) groups is 1. The summed E-state index contributed by atoms with van der Waals surface area (Å²) in [5.74, 6) is 1.12. The number of hydrogen-bond acceptors (Lipinski definition) is 9. The molecule has 37 heavy (non-hydrogen) atoms. The summed E-state index contributed by atoms with van der Waals surface area (Å²) in [6.45, 7) is 2.40. The highest BCUT2D eigenvalue weighted by Crippen LogP contribution is 2.34. The summed E-state index contributed by atoms with van der Waals surface area (Å²) in [6, 6.07) is 15.8. The molecule has 192 valence electrons. The van der Waals surface area contributed by atoms with Crippen LogP contribution in [-0.2, 0) is 16.1 Å². The fraction of sp³-hybridized carbons (Fsp3) is 0.222. The Morgan fingerprint density at radius 1 is 1.00 bits per heavy atom. The van der Waals surface area contributed by atoms with Crippen molar-refractivity contribution in [3.05, 3.63) is 82.1 Å². The molecule has 0 spiro atoms. The molecule has 1 aliphatic rings. The lowest BCUT2D eigenvalue weighted by Crippen LogP contribution is -2.32. The van der Waals surface area contributed by atoms with Gasteiger partial charge in [0.25, 0.3) is 11.1 Å². The van der Waals surface area contributed by atoms with E-state index in [1.807, 2.05) is 31.2 Å². The Labute approximate surface area is 217 Å². The maximum atomic E-state index is 12.8. The lowest BCUT2D eigenvalue weighted by Gasteiger charge is -2.13. The quantitative estimate of drug-likeness (QED) is 0.266. The molecule has 3 aromatic rings. The molecule has 0 radical (unpaired) electrons.